The van der Waals surface area contributed by atoms with Crippen molar-refractivity contribution in [2.24, 2.45) is 0 Å². The van der Waals surface area contributed by atoms with Crippen LogP contribution in [-0.2, 0) is 17.8 Å². The summed E-state index contributed by atoms with van der Waals surface area (Å²) in [7, 11) is 0. The van der Waals surface area contributed by atoms with Gasteiger partial charge in [-0.15, -0.1) is 0 Å². The van der Waals surface area contributed by atoms with Gasteiger partial charge in [-0.3, -0.25) is 14.8 Å². The molecular formula is C20H24FN3O. The molecule has 0 saturated heterocycles. The lowest BCUT2D eigenvalue weighted by atomic mass is 9.93. The van der Waals surface area contributed by atoms with Gasteiger partial charge in [0.2, 0.25) is 5.91 Å². The van der Waals surface area contributed by atoms with Gasteiger partial charge in [-0.1, -0.05) is 37.5 Å². The van der Waals surface area contributed by atoms with E-state index in [1.54, 1.807) is 30.7 Å². The van der Waals surface area contributed by atoms with E-state index in [1.165, 1.54) is 12.5 Å². The molecule has 1 aromatic carbocycles. The zero-order chi connectivity index (χ0) is 17.5. The smallest absolute Gasteiger partial charge is 0.223 e. The van der Waals surface area contributed by atoms with Crippen molar-refractivity contribution in [2.75, 3.05) is 0 Å². The van der Waals surface area contributed by atoms with Crippen molar-refractivity contribution in [3.8, 4) is 0 Å². The van der Waals surface area contributed by atoms with E-state index in [0.29, 0.717) is 24.9 Å². The molecule has 0 unspecified atom stereocenters. The minimum atomic E-state index is -0.245. The van der Waals surface area contributed by atoms with E-state index in [4.69, 9.17) is 0 Å². The summed E-state index contributed by atoms with van der Waals surface area (Å²) in [6.45, 7) is 0.344. The second-order valence-corrected chi connectivity index (χ2v) is 6.60. The van der Waals surface area contributed by atoms with Crippen LogP contribution in [-0.4, -0.2) is 26.8 Å². The Kier molecular flexibility index (Phi) is 6.09. The van der Waals surface area contributed by atoms with Crippen molar-refractivity contribution in [3.05, 3.63) is 59.9 Å². The number of benzene rings is 1. The summed E-state index contributed by atoms with van der Waals surface area (Å²) in [5.41, 5.74) is 1.39. The minimum Gasteiger partial charge on any atom is -0.335 e. The molecule has 0 atom stereocenters. The lowest BCUT2D eigenvalue weighted by Gasteiger charge is -2.34. The number of halogens is 1. The number of carbonyl (C=O) groups excluding carboxylic acids is 1. The van der Waals surface area contributed by atoms with Gasteiger partial charge >= 0.3 is 0 Å². The van der Waals surface area contributed by atoms with Gasteiger partial charge in [0.15, 0.2) is 0 Å². The SMILES string of the molecule is O=C(CCc1cnccn1)N(Cc1ccccc1F)C1CCCCC1. The summed E-state index contributed by atoms with van der Waals surface area (Å²) in [4.78, 5) is 23.0. The second kappa shape index (κ2) is 8.70. The molecule has 2 aromatic rings. The van der Waals surface area contributed by atoms with Crippen molar-refractivity contribution in [1.29, 1.82) is 0 Å². The number of carbonyl (C=O) groups is 1. The van der Waals surface area contributed by atoms with Gasteiger partial charge in [-0.05, 0) is 25.3 Å². The number of hydrogen-bond acceptors (Lipinski definition) is 3. The Morgan fingerprint density at radius 1 is 1.16 bits per heavy atom. The first-order valence-electron chi connectivity index (χ1n) is 9.02. The van der Waals surface area contributed by atoms with Crippen LogP contribution in [0.3, 0.4) is 0 Å². The molecule has 25 heavy (non-hydrogen) atoms. The average Bonchev–Trinajstić information content (AvgIpc) is 2.67. The predicted molar refractivity (Wildman–Crippen MR) is 94.2 cm³/mol. The molecule has 1 aliphatic carbocycles. The highest BCUT2D eigenvalue weighted by atomic mass is 19.1. The van der Waals surface area contributed by atoms with Crippen molar-refractivity contribution in [2.45, 2.75) is 57.5 Å². The van der Waals surface area contributed by atoms with Crippen LogP contribution in [0.15, 0.2) is 42.9 Å². The first-order valence-corrected chi connectivity index (χ1v) is 9.02. The molecule has 1 fully saturated rings. The van der Waals surface area contributed by atoms with Crippen molar-refractivity contribution in [3.63, 3.8) is 0 Å². The summed E-state index contributed by atoms with van der Waals surface area (Å²) >= 11 is 0. The van der Waals surface area contributed by atoms with Gasteiger partial charge in [0.1, 0.15) is 5.82 Å². The van der Waals surface area contributed by atoms with Crippen molar-refractivity contribution >= 4 is 5.91 Å². The molecule has 132 valence electrons. The Morgan fingerprint density at radius 3 is 2.68 bits per heavy atom. The summed E-state index contributed by atoms with van der Waals surface area (Å²) in [6.07, 6.45) is 11.4. The van der Waals surface area contributed by atoms with Crippen LogP contribution in [0.1, 0.15) is 49.8 Å². The predicted octanol–water partition coefficient (Wildman–Crippen LogP) is 3.91. The zero-order valence-corrected chi connectivity index (χ0v) is 14.4. The number of hydrogen-bond donors (Lipinski definition) is 0. The van der Waals surface area contributed by atoms with Crippen molar-refractivity contribution < 1.29 is 9.18 Å². The van der Waals surface area contributed by atoms with Crippen molar-refractivity contribution in [1.82, 2.24) is 14.9 Å². The van der Waals surface area contributed by atoms with E-state index in [1.807, 2.05) is 11.0 Å². The van der Waals surface area contributed by atoms with Crippen LogP contribution >= 0.6 is 0 Å². The maximum Gasteiger partial charge on any atom is 0.223 e. The highest BCUT2D eigenvalue weighted by molar-refractivity contribution is 5.76. The summed E-state index contributed by atoms with van der Waals surface area (Å²) in [5.74, 6) is -0.175. The average molecular weight is 341 g/mol. The molecule has 5 heteroatoms. The molecule has 4 nitrogen and oxygen atoms in total. The molecule has 0 radical (unpaired) electrons. The van der Waals surface area contributed by atoms with Gasteiger partial charge in [0.05, 0.1) is 5.69 Å². The molecule has 0 spiro atoms. The van der Waals surface area contributed by atoms with E-state index >= 15 is 0 Å². The Labute approximate surface area is 148 Å². The third-order valence-electron chi connectivity index (χ3n) is 4.85. The molecule has 1 aromatic heterocycles. The van der Waals surface area contributed by atoms with Gasteiger partial charge in [-0.25, -0.2) is 4.39 Å². The normalized spacial score (nSPS) is 15.1. The van der Waals surface area contributed by atoms with Crippen LogP contribution < -0.4 is 0 Å². The topological polar surface area (TPSA) is 46.1 Å². The number of rotatable bonds is 6. The van der Waals surface area contributed by atoms with Crippen LogP contribution in [0.5, 0.6) is 0 Å². The molecule has 1 aliphatic rings. The molecule has 0 N–H and O–H groups in total. The fraction of sp³-hybridized carbons (Fsp3) is 0.450. The Hall–Kier alpha value is -2.30. The van der Waals surface area contributed by atoms with E-state index in [9.17, 15) is 9.18 Å². The van der Waals surface area contributed by atoms with Gasteiger partial charge in [0, 0.05) is 43.2 Å². The monoisotopic (exact) mass is 341 g/mol. The van der Waals surface area contributed by atoms with Gasteiger partial charge in [0.25, 0.3) is 0 Å². The van der Waals surface area contributed by atoms with Gasteiger partial charge in [-0.2, -0.15) is 0 Å². The summed E-state index contributed by atoms with van der Waals surface area (Å²) in [5, 5.41) is 0. The van der Waals surface area contributed by atoms with Gasteiger partial charge < -0.3 is 4.90 Å². The molecular weight excluding hydrogens is 317 g/mol. The fourth-order valence-corrected chi connectivity index (χ4v) is 3.46. The molecule has 1 saturated carbocycles. The third-order valence-corrected chi connectivity index (χ3v) is 4.85. The molecule has 0 bridgehead atoms. The van der Waals surface area contributed by atoms with Crippen LogP contribution in [0.2, 0.25) is 0 Å². The zero-order valence-electron chi connectivity index (χ0n) is 14.4. The molecule has 1 heterocycles. The maximum absolute atomic E-state index is 14.1. The number of amides is 1. The minimum absolute atomic E-state index is 0.0702. The number of aromatic nitrogens is 2. The highest BCUT2D eigenvalue weighted by Crippen LogP contribution is 2.25. The van der Waals surface area contributed by atoms with E-state index in [-0.39, 0.29) is 17.8 Å². The lowest BCUT2D eigenvalue weighted by molar-refractivity contribution is -0.135. The summed E-state index contributed by atoms with van der Waals surface area (Å²) in [6, 6.07) is 6.93. The number of nitrogens with zero attached hydrogens (tertiary/aromatic N) is 3. The van der Waals surface area contributed by atoms with E-state index in [0.717, 1.165) is 31.4 Å². The third kappa shape index (κ3) is 4.84. The van der Waals surface area contributed by atoms with Crippen LogP contribution in [0.4, 0.5) is 4.39 Å². The Bertz CT molecular complexity index is 686. The summed E-state index contributed by atoms with van der Waals surface area (Å²) < 4.78 is 14.1. The van der Waals surface area contributed by atoms with E-state index in [2.05, 4.69) is 9.97 Å². The first kappa shape index (κ1) is 17.5. The highest BCUT2D eigenvalue weighted by Gasteiger charge is 2.26. The molecule has 0 aliphatic heterocycles. The Morgan fingerprint density at radius 2 is 1.96 bits per heavy atom. The first-order chi connectivity index (χ1) is 12.2. The largest absolute Gasteiger partial charge is 0.335 e. The van der Waals surface area contributed by atoms with Crippen LogP contribution in [0, 0.1) is 5.82 Å². The fourth-order valence-electron chi connectivity index (χ4n) is 3.46. The standard InChI is InChI=1S/C20H24FN3O/c21-19-9-5-4-6-16(19)15-24(18-7-2-1-3-8-18)20(25)11-10-17-14-22-12-13-23-17/h4-6,9,12-14,18H,1-3,7-8,10-11,15H2. The molecule has 3 rings (SSSR count). The Balaban J connectivity index is 1.70. The quantitative estimate of drug-likeness (QED) is 0.800. The number of aryl methyl sites for hydroxylation is 1. The van der Waals surface area contributed by atoms with E-state index < -0.39 is 0 Å². The maximum atomic E-state index is 14.1. The lowest BCUT2D eigenvalue weighted by Crippen LogP contribution is -2.41. The second-order valence-electron chi connectivity index (χ2n) is 6.60. The van der Waals surface area contributed by atoms with Crippen LogP contribution in [0.25, 0.3) is 0 Å². The molecule has 1 amide bonds.